The van der Waals surface area contributed by atoms with Crippen LogP contribution in [0.2, 0.25) is 0 Å². The van der Waals surface area contributed by atoms with Gasteiger partial charge >= 0.3 is 0 Å². The van der Waals surface area contributed by atoms with Crippen LogP contribution in [0.4, 0.5) is 0 Å². The molecule has 0 bridgehead atoms. The van der Waals surface area contributed by atoms with Crippen molar-refractivity contribution in [3.8, 4) is 0 Å². The van der Waals surface area contributed by atoms with Gasteiger partial charge in [-0.15, -0.1) is 0 Å². The van der Waals surface area contributed by atoms with Crippen LogP contribution in [0.15, 0.2) is 0 Å². The van der Waals surface area contributed by atoms with Crippen molar-refractivity contribution in [3.63, 3.8) is 0 Å². The second-order valence-corrected chi connectivity index (χ2v) is 2.96. The van der Waals surface area contributed by atoms with Gasteiger partial charge in [0.15, 0.2) is 0 Å². The van der Waals surface area contributed by atoms with E-state index in [0.717, 1.165) is 37.6 Å². The topological polar surface area (TPSA) is 15.3 Å². The van der Waals surface area contributed by atoms with E-state index in [1.165, 1.54) is 0 Å². The predicted octanol–water partition coefficient (Wildman–Crippen LogP) is 0.629. The normalized spacial score (nSPS) is 19.1. The maximum atomic E-state index is 5.17. The molecular weight excluding hydrogens is 144 g/mol. The van der Waals surface area contributed by atoms with E-state index >= 15 is 0 Å². The van der Waals surface area contributed by atoms with Gasteiger partial charge in [0.05, 0.1) is 4.99 Å². The fourth-order valence-corrected chi connectivity index (χ4v) is 1.32. The van der Waals surface area contributed by atoms with Crippen LogP contribution in [0, 0.1) is 0 Å². The lowest BCUT2D eigenvalue weighted by atomic mass is 10.3. The third-order valence-corrected chi connectivity index (χ3v) is 2.32. The lowest BCUT2D eigenvalue weighted by molar-refractivity contribution is 0.358. The zero-order valence-corrected chi connectivity index (χ0v) is 7.21. The molecule has 1 aliphatic heterocycles. The van der Waals surface area contributed by atoms with E-state index in [1.807, 2.05) is 0 Å². The average molecular weight is 158 g/mol. The van der Waals surface area contributed by atoms with Crippen molar-refractivity contribution < 1.29 is 0 Å². The molecule has 1 N–H and O–H groups in total. The highest BCUT2D eigenvalue weighted by atomic mass is 32.1. The average Bonchev–Trinajstić information content (AvgIpc) is 2.05. The summed E-state index contributed by atoms with van der Waals surface area (Å²) in [6, 6.07) is 0. The Bertz CT molecular complexity index is 119. The molecule has 0 amide bonds. The molecule has 1 saturated heterocycles. The summed E-state index contributed by atoms with van der Waals surface area (Å²) in [5, 5.41) is 3.29. The van der Waals surface area contributed by atoms with Crippen LogP contribution in [0.25, 0.3) is 0 Å². The van der Waals surface area contributed by atoms with Gasteiger partial charge in [-0.1, -0.05) is 19.1 Å². The van der Waals surface area contributed by atoms with Crippen molar-refractivity contribution in [2.24, 2.45) is 0 Å². The number of rotatable bonds is 1. The molecule has 0 atom stereocenters. The highest BCUT2D eigenvalue weighted by molar-refractivity contribution is 7.80. The van der Waals surface area contributed by atoms with E-state index < -0.39 is 0 Å². The molecule has 0 unspecified atom stereocenters. The maximum absolute atomic E-state index is 5.17. The molecule has 1 fully saturated rings. The second kappa shape index (κ2) is 3.88. The van der Waals surface area contributed by atoms with Crippen LogP contribution in [-0.4, -0.2) is 36.1 Å². The fourth-order valence-electron chi connectivity index (χ4n) is 1.14. The molecular formula is C7H14N2S. The molecule has 0 aromatic rings. The lowest BCUT2D eigenvalue weighted by Gasteiger charge is -2.29. The Labute approximate surface area is 67.6 Å². The molecule has 10 heavy (non-hydrogen) atoms. The highest BCUT2D eigenvalue weighted by Crippen LogP contribution is 1.97. The Hall–Kier alpha value is -0.150. The molecule has 1 rings (SSSR count). The minimum Gasteiger partial charge on any atom is -0.364 e. The Kier molecular flexibility index (Phi) is 3.09. The minimum atomic E-state index is 1.01. The van der Waals surface area contributed by atoms with Crippen LogP contribution in [0.3, 0.4) is 0 Å². The molecule has 2 nitrogen and oxygen atoms in total. The van der Waals surface area contributed by atoms with Crippen molar-refractivity contribution in [1.29, 1.82) is 0 Å². The predicted molar refractivity (Wildman–Crippen MR) is 47.3 cm³/mol. The summed E-state index contributed by atoms with van der Waals surface area (Å²) in [6.07, 6.45) is 1.01. The summed E-state index contributed by atoms with van der Waals surface area (Å²) in [7, 11) is 0. The van der Waals surface area contributed by atoms with Gasteiger partial charge in [-0.3, -0.25) is 0 Å². The monoisotopic (exact) mass is 158 g/mol. The summed E-state index contributed by atoms with van der Waals surface area (Å²) < 4.78 is 0. The Morgan fingerprint density at radius 1 is 1.50 bits per heavy atom. The quantitative estimate of drug-likeness (QED) is 0.563. The van der Waals surface area contributed by atoms with E-state index in [2.05, 4.69) is 17.1 Å². The summed E-state index contributed by atoms with van der Waals surface area (Å²) in [6.45, 7) is 6.46. The van der Waals surface area contributed by atoms with Gasteiger partial charge < -0.3 is 10.2 Å². The number of hydrogen-bond acceptors (Lipinski definition) is 2. The summed E-state index contributed by atoms with van der Waals surface area (Å²) in [5.74, 6) is 0. The molecule has 0 spiro atoms. The zero-order chi connectivity index (χ0) is 7.40. The molecule has 58 valence electrons. The first-order chi connectivity index (χ1) is 4.84. The van der Waals surface area contributed by atoms with Gasteiger partial charge in [0.1, 0.15) is 0 Å². The summed E-state index contributed by atoms with van der Waals surface area (Å²) in [5.41, 5.74) is 0. The van der Waals surface area contributed by atoms with E-state index in [0.29, 0.717) is 0 Å². The van der Waals surface area contributed by atoms with E-state index in [-0.39, 0.29) is 0 Å². The van der Waals surface area contributed by atoms with E-state index in [9.17, 15) is 0 Å². The van der Waals surface area contributed by atoms with Crippen molar-refractivity contribution in [3.05, 3.63) is 0 Å². The third kappa shape index (κ3) is 1.92. The third-order valence-electron chi connectivity index (χ3n) is 1.77. The Morgan fingerprint density at radius 3 is 2.60 bits per heavy atom. The first-order valence-electron chi connectivity index (χ1n) is 3.83. The molecule has 0 aliphatic carbocycles. The number of nitrogens with one attached hydrogen (secondary N) is 1. The Balaban J connectivity index is 2.31. The second-order valence-electron chi connectivity index (χ2n) is 2.48. The number of nitrogens with zero attached hydrogens (tertiary/aromatic N) is 1. The van der Waals surface area contributed by atoms with Crippen LogP contribution in [-0.2, 0) is 0 Å². The van der Waals surface area contributed by atoms with Crippen molar-refractivity contribution in [1.82, 2.24) is 10.2 Å². The molecule has 0 aromatic heterocycles. The summed E-state index contributed by atoms with van der Waals surface area (Å²) >= 11 is 5.17. The van der Waals surface area contributed by atoms with Crippen LogP contribution in [0.1, 0.15) is 13.3 Å². The van der Waals surface area contributed by atoms with Crippen molar-refractivity contribution in [2.45, 2.75) is 13.3 Å². The zero-order valence-electron chi connectivity index (χ0n) is 6.39. The van der Waals surface area contributed by atoms with Crippen LogP contribution < -0.4 is 5.32 Å². The van der Waals surface area contributed by atoms with Crippen LogP contribution in [0.5, 0.6) is 0 Å². The molecule has 3 heteroatoms. The first-order valence-corrected chi connectivity index (χ1v) is 4.24. The molecule has 0 aromatic carbocycles. The van der Waals surface area contributed by atoms with Gasteiger partial charge in [-0.25, -0.2) is 0 Å². The molecule has 1 aliphatic rings. The standard InChI is InChI=1S/C7H14N2S/c1-2-7(10)9-5-3-8-4-6-9/h8H,2-6H2,1H3. The first kappa shape index (κ1) is 7.95. The van der Waals surface area contributed by atoms with E-state index in [1.54, 1.807) is 0 Å². The number of hydrogen-bond donors (Lipinski definition) is 1. The van der Waals surface area contributed by atoms with Crippen LogP contribution >= 0.6 is 12.2 Å². The highest BCUT2D eigenvalue weighted by Gasteiger charge is 2.09. The number of thiocarbonyl (C=S) groups is 1. The van der Waals surface area contributed by atoms with Gasteiger partial charge in [0.2, 0.25) is 0 Å². The van der Waals surface area contributed by atoms with E-state index in [4.69, 9.17) is 12.2 Å². The SMILES string of the molecule is CCC(=S)N1CCNCC1. The maximum Gasteiger partial charge on any atom is 0.0777 e. The van der Waals surface area contributed by atoms with Crippen molar-refractivity contribution in [2.75, 3.05) is 26.2 Å². The number of piperazine rings is 1. The smallest absolute Gasteiger partial charge is 0.0777 e. The van der Waals surface area contributed by atoms with Gasteiger partial charge in [0.25, 0.3) is 0 Å². The fraction of sp³-hybridized carbons (Fsp3) is 0.857. The lowest BCUT2D eigenvalue weighted by Crippen LogP contribution is -2.45. The summed E-state index contributed by atoms with van der Waals surface area (Å²) in [4.78, 5) is 3.40. The largest absolute Gasteiger partial charge is 0.364 e. The van der Waals surface area contributed by atoms with Gasteiger partial charge in [-0.05, 0) is 6.42 Å². The van der Waals surface area contributed by atoms with Crippen molar-refractivity contribution >= 4 is 17.2 Å². The van der Waals surface area contributed by atoms with Gasteiger partial charge in [0, 0.05) is 26.2 Å². The minimum absolute atomic E-state index is 1.01. The Morgan fingerprint density at radius 2 is 2.10 bits per heavy atom. The molecule has 0 saturated carbocycles. The molecule has 0 radical (unpaired) electrons. The molecule has 1 heterocycles. The van der Waals surface area contributed by atoms with Gasteiger partial charge in [-0.2, -0.15) is 0 Å².